The second-order valence-corrected chi connectivity index (χ2v) is 4.25. The molecule has 0 fully saturated rings. The van der Waals surface area contributed by atoms with Crippen LogP contribution in [0.2, 0.25) is 5.02 Å². The molecular weight excluding hydrogens is 308 g/mol. The summed E-state index contributed by atoms with van der Waals surface area (Å²) in [6.45, 7) is 0. The number of rotatable bonds is 3. The van der Waals surface area contributed by atoms with Crippen molar-refractivity contribution in [2.45, 2.75) is 0 Å². The fraction of sp³-hybridized carbons (Fsp3) is 0. The van der Waals surface area contributed by atoms with Crippen LogP contribution >= 0.6 is 11.6 Å². The number of hydrogen-bond acceptors (Lipinski definition) is 4. The first kappa shape index (κ1) is 14.8. The normalized spacial score (nSPS) is 10.2. The lowest BCUT2D eigenvalue weighted by molar-refractivity contribution is -0.384. The average molecular weight is 314 g/mol. The molecule has 0 saturated carbocycles. The zero-order valence-corrected chi connectivity index (χ0v) is 10.9. The van der Waals surface area contributed by atoms with E-state index >= 15 is 0 Å². The minimum atomic E-state index is -1.40. The molecule has 1 amide bonds. The first-order valence-electron chi connectivity index (χ1n) is 5.45. The average Bonchev–Trinajstić information content (AvgIpc) is 2.41. The molecule has 0 aliphatic carbocycles. The van der Waals surface area contributed by atoms with Crippen molar-refractivity contribution in [2.24, 2.45) is 0 Å². The van der Waals surface area contributed by atoms with Crippen LogP contribution in [0.25, 0.3) is 0 Å². The Morgan fingerprint density at radius 3 is 2.67 bits per heavy atom. The Bertz CT molecular complexity index is 740. The zero-order chi connectivity index (χ0) is 15.6. The van der Waals surface area contributed by atoms with Crippen LogP contribution in [-0.4, -0.2) is 15.8 Å². The van der Waals surface area contributed by atoms with Crippen molar-refractivity contribution in [2.75, 3.05) is 5.32 Å². The maximum absolute atomic E-state index is 13.4. The number of carbonyl (C=O) groups is 1. The van der Waals surface area contributed by atoms with E-state index in [-0.39, 0.29) is 16.4 Å². The van der Waals surface area contributed by atoms with Gasteiger partial charge in [0, 0.05) is 18.0 Å². The SMILES string of the molecule is O=C(Nc1ccc([N+](=O)[O-])c(Cl)c1)c1ccnc(F)c1F. The van der Waals surface area contributed by atoms with E-state index in [0.29, 0.717) is 0 Å². The molecule has 0 atom stereocenters. The van der Waals surface area contributed by atoms with Crippen molar-refractivity contribution >= 4 is 28.9 Å². The summed E-state index contributed by atoms with van der Waals surface area (Å²) < 4.78 is 26.3. The third-order valence-electron chi connectivity index (χ3n) is 2.49. The van der Waals surface area contributed by atoms with E-state index < -0.39 is 28.2 Å². The molecule has 21 heavy (non-hydrogen) atoms. The standard InChI is InChI=1S/C12H6ClF2N3O3/c13-8-5-6(1-2-9(8)18(20)21)17-12(19)7-3-4-16-11(15)10(7)14/h1-5H,(H,17,19). The van der Waals surface area contributed by atoms with Gasteiger partial charge in [0.05, 0.1) is 10.5 Å². The summed E-state index contributed by atoms with van der Waals surface area (Å²) in [5, 5.41) is 12.7. The predicted octanol–water partition coefficient (Wildman–Crippen LogP) is 3.17. The lowest BCUT2D eigenvalue weighted by Crippen LogP contribution is -2.15. The van der Waals surface area contributed by atoms with Crippen molar-refractivity contribution in [3.05, 3.63) is 62.9 Å². The number of hydrogen-bond donors (Lipinski definition) is 1. The summed E-state index contributed by atoms with van der Waals surface area (Å²) in [7, 11) is 0. The Morgan fingerprint density at radius 2 is 2.05 bits per heavy atom. The van der Waals surface area contributed by atoms with Gasteiger partial charge in [-0.1, -0.05) is 11.6 Å². The van der Waals surface area contributed by atoms with Crippen molar-refractivity contribution in [1.82, 2.24) is 4.98 Å². The van der Waals surface area contributed by atoms with Gasteiger partial charge in [0.2, 0.25) is 5.95 Å². The molecule has 9 heteroatoms. The monoisotopic (exact) mass is 313 g/mol. The van der Waals surface area contributed by atoms with Gasteiger partial charge in [-0.15, -0.1) is 0 Å². The van der Waals surface area contributed by atoms with E-state index in [1.54, 1.807) is 0 Å². The van der Waals surface area contributed by atoms with E-state index in [0.717, 1.165) is 24.4 Å². The van der Waals surface area contributed by atoms with Crippen LogP contribution < -0.4 is 5.32 Å². The van der Waals surface area contributed by atoms with Gasteiger partial charge in [-0.2, -0.15) is 4.39 Å². The van der Waals surface area contributed by atoms with Crippen molar-refractivity contribution < 1.29 is 18.5 Å². The lowest BCUT2D eigenvalue weighted by Gasteiger charge is -2.06. The summed E-state index contributed by atoms with van der Waals surface area (Å²) in [6, 6.07) is 4.44. The van der Waals surface area contributed by atoms with Gasteiger partial charge in [0.15, 0.2) is 5.82 Å². The van der Waals surface area contributed by atoms with Crippen molar-refractivity contribution in [3.63, 3.8) is 0 Å². The largest absolute Gasteiger partial charge is 0.322 e. The van der Waals surface area contributed by atoms with Gasteiger partial charge in [0.25, 0.3) is 11.6 Å². The number of nitro benzene ring substituents is 1. The van der Waals surface area contributed by atoms with Crippen molar-refractivity contribution in [3.8, 4) is 0 Å². The Morgan fingerprint density at radius 1 is 1.33 bits per heavy atom. The molecular formula is C12H6ClF2N3O3. The van der Waals surface area contributed by atoms with Crippen LogP contribution in [-0.2, 0) is 0 Å². The topological polar surface area (TPSA) is 85.1 Å². The fourth-order valence-corrected chi connectivity index (χ4v) is 1.77. The first-order valence-corrected chi connectivity index (χ1v) is 5.83. The van der Waals surface area contributed by atoms with Gasteiger partial charge in [-0.05, 0) is 18.2 Å². The number of benzene rings is 1. The molecule has 1 N–H and O–H groups in total. The lowest BCUT2D eigenvalue weighted by atomic mass is 10.2. The quantitative estimate of drug-likeness (QED) is 0.536. The minimum Gasteiger partial charge on any atom is -0.322 e. The molecule has 0 aliphatic rings. The molecule has 0 saturated heterocycles. The Labute approximate surface area is 121 Å². The van der Waals surface area contributed by atoms with E-state index in [2.05, 4.69) is 10.3 Å². The van der Waals surface area contributed by atoms with Gasteiger partial charge < -0.3 is 5.32 Å². The van der Waals surface area contributed by atoms with Crippen LogP contribution in [0.1, 0.15) is 10.4 Å². The Hall–Kier alpha value is -2.61. The number of aromatic nitrogens is 1. The van der Waals surface area contributed by atoms with E-state index in [1.807, 2.05) is 0 Å². The molecule has 0 unspecified atom stereocenters. The number of nitro groups is 1. The summed E-state index contributed by atoms with van der Waals surface area (Å²) in [4.78, 5) is 24.8. The van der Waals surface area contributed by atoms with Crippen LogP contribution in [0.4, 0.5) is 20.2 Å². The number of nitrogens with zero attached hydrogens (tertiary/aromatic N) is 2. The molecule has 1 aromatic heterocycles. The predicted molar refractivity (Wildman–Crippen MR) is 70.2 cm³/mol. The Balaban J connectivity index is 2.26. The maximum Gasteiger partial charge on any atom is 0.288 e. The van der Waals surface area contributed by atoms with Gasteiger partial charge in [-0.3, -0.25) is 14.9 Å². The van der Waals surface area contributed by atoms with Crippen LogP contribution in [0.3, 0.4) is 0 Å². The van der Waals surface area contributed by atoms with E-state index in [9.17, 15) is 23.7 Å². The zero-order valence-electron chi connectivity index (χ0n) is 10.1. The smallest absolute Gasteiger partial charge is 0.288 e. The van der Waals surface area contributed by atoms with Crippen molar-refractivity contribution in [1.29, 1.82) is 0 Å². The number of anilines is 1. The molecule has 0 bridgehead atoms. The highest BCUT2D eigenvalue weighted by molar-refractivity contribution is 6.33. The van der Waals surface area contributed by atoms with Crippen LogP contribution in [0.15, 0.2) is 30.5 Å². The minimum absolute atomic E-state index is 0.104. The van der Waals surface area contributed by atoms with Gasteiger partial charge >= 0.3 is 0 Å². The number of pyridine rings is 1. The summed E-state index contributed by atoms with van der Waals surface area (Å²) >= 11 is 5.67. The molecule has 1 heterocycles. The third kappa shape index (κ3) is 3.11. The molecule has 0 spiro atoms. The highest BCUT2D eigenvalue weighted by Gasteiger charge is 2.18. The van der Waals surface area contributed by atoms with Gasteiger partial charge in [0.1, 0.15) is 5.02 Å². The second-order valence-electron chi connectivity index (χ2n) is 3.84. The summed E-state index contributed by atoms with van der Waals surface area (Å²) in [5.41, 5.74) is -0.778. The third-order valence-corrected chi connectivity index (χ3v) is 2.80. The second kappa shape index (κ2) is 5.80. The molecule has 0 aliphatic heterocycles. The maximum atomic E-state index is 13.4. The van der Waals surface area contributed by atoms with E-state index in [4.69, 9.17) is 11.6 Å². The highest BCUT2D eigenvalue weighted by atomic mass is 35.5. The fourth-order valence-electron chi connectivity index (χ4n) is 1.52. The molecule has 1 aromatic carbocycles. The number of halogens is 3. The van der Waals surface area contributed by atoms with Crippen LogP contribution in [0, 0.1) is 21.9 Å². The van der Waals surface area contributed by atoms with Crippen LogP contribution in [0.5, 0.6) is 0 Å². The number of nitrogens with one attached hydrogen (secondary N) is 1. The highest BCUT2D eigenvalue weighted by Crippen LogP contribution is 2.27. The first-order chi connectivity index (χ1) is 9.90. The summed E-state index contributed by atoms with van der Waals surface area (Å²) in [5.74, 6) is -3.72. The molecule has 2 rings (SSSR count). The summed E-state index contributed by atoms with van der Waals surface area (Å²) in [6.07, 6.45) is 0.941. The van der Waals surface area contributed by atoms with Gasteiger partial charge in [-0.25, -0.2) is 9.37 Å². The molecule has 2 aromatic rings. The molecule has 6 nitrogen and oxygen atoms in total. The number of carbonyl (C=O) groups excluding carboxylic acids is 1. The molecule has 108 valence electrons. The molecule has 0 radical (unpaired) electrons. The Kier molecular flexibility index (Phi) is 4.08. The number of amides is 1. The van der Waals surface area contributed by atoms with E-state index in [1.165, 1.54) is 6.07 Å².